The maximum absolute atomic E-state index is 11.5. The number of hydrogen-bond donors (Lipinski definition) is 1. The molecule has 6 heteroatoms. The first-order valence-corrected chi connectivity index (χ1v) is 4.56. The molecule has 0 aliphatic rings. The molecule has 1 aromatic heterocycles. The van der Waals surface area contributed by atoms with Crippen molar-refractivity contribution in [3.63, 3.8) is 0 Å². The van der Waals surface area contributed by atoms with Gasteiger partial charge in [0.25, 0.3) is 11.5 Å². The maximum atomic E-state index is 11.5. The maximum Gasteiger partial charge on any atom is 0.278 e. The Kier molecular flexibility index (Phi) is 3.43. The number of halogens is 1. The zero-order valence-electron chi connectivity index (χ0n) is 7.70. The lowest BCUT2D eigenvalue weighted by molar-refractivity contribution is -0.0757. The zero-order valence-corrected chi connectivity index (χ0v) is 9.29. The first kappa shape index (κ1) is 10.9. The second kappa shape index (κ2) is 4.39. The van der Waals surface area contributed by atoms with Crippen LogP contribution in [0.2, 0.25) is 0 Å². The van der Waals surface area contributed by atoms with Gasteiger partial charge in [0.2, 0.25) is 0 Å². The van der Waals surface area contributed by atoms with E-state index in [0.29, 0.717) is 10.0 Å². The average Bonchev–Trinajstić information content (AvgIpc) is 2.20. The van der Waals surface area contributed by atoms with Crippen LogP contribution in [0.25, 0.3) is 0 Å². The molecular formula is C8H9BrN2O3. The van der Waals surface area contributed by atoms with E-state index in [4.69, 9.17) is 4.84 Å². The van der Waals surface area contributed by atoms with Crippen molar-refractivity contribution >= 4 is 21.8 Å². The van der Waals surface area contributed by atoms with Gasteiger partial charge in [0.1, 0.15) is 0 Å². The molecule has 5 nitrogen and oxygen atoms in total. The number of aromatic nitrogens is 1. The lowest BCUT2D eigenvalue weighted by atomic mass is 10.3. The first-order chi connectivity index (χ1) is 6.56. The summed E-state index contributed by atoms with van der Waals surface area (Å²) < 4.78 is 0.313. The second-order valence-corrected chi connectivity index (χ2v) is 3.40. The molecule has 0 saturated carbocycles. The Bertz CT molecular complexity index is 402. The number of carbonyl (C=O) groups is 1. The number of hydroxylamine groups is 2. The summed E-state index contributed by atoms with van der Waals surface area (Å²) >= 11 is 3.03. The minimum Gasteiger partial charge on any atom is -0.327 e. The van der Waals surface area contributed by atoms with Gasteiger partial charge in [0.05, 0.1) is 17.1 Å². The number of amides is 1. The van der Waals surface area contributed by atoms with Crippen LogP contribution in [0, 0.1) is 0 Å². The number of carbonyl (C=O) groups excluding carboxylic acids is 1. The van der Waals surface area contributed by atoms with Crippen molar-refractivity contribution < 1.29 is 9.63 Å². The van der Waals surface area contributed by atoms with Crippen molar-refractivity contribution in [2.75, 3.05) is 14.2 Å². The largest absolute Gasteiger partial charge is 0.327 e. The fourth-order valence-electron chi connectivity index (χ4n) is 0.844. The molecule has 0 aliphatic carbocycles. The molecule has 1 heterocycles. The fourth-order valence-corrected chi connectivity index (χ4v) is 1.21. The van der Waals surface area contributed by atoms with Gasteiger partial charge in [-0.05, 0) is 22.0 Å². The van der Waals surface area contributed by atoms with Crippen LogP contribution in [0.4, 0.5) is 0 Å². The van der Waals surface area contributed by atoms with Crippen LogP contribution in [0.5, 0.6) is 0 Å². The minimum atomic E-state index is -0.329. The Morgan fingerprint density at radius 2 is 2.29 bits per heavy atom. The van der Waals surface area contributed by atoms with Crippen LogP contribution >= 0.6 is 15.9 Å². The molecule has 76 valence electrons. The molecule has 1 rings (SSSR count). The molecule has 0 bridgehead atoms. The number of hydrogen-bond acceptors (Lipinski definition) is 3. The van der Waals surface area contributed by atoms with E-state index in [0.717, 1.165) is 5.06 Å². The van der Waals surface area contributed by atoms with Gasteiger partial charge in [-0.25, -0.2) is 5.06 Å². The molecule has 0 fully saturated rings. The number of aromatic amines is 1. The Balaban J connectivity index is 3.03. The quantitative estimate of drug-likeness (QED) is 0.800. The predicted octanol–water partition coefficient (Wildman–Crippen LogP) is 0.771. The van der Waals surface area contributed by atoms with E-state index in [2.05, 4.69) is 20.9 Å². The van der Waals surface area contributed by atoms with Crippen LogP contribution in [0.1, 0.15) is 10.4 Å². The Labute approximate surface area is 88.8 Å². The molecular weight excluding hydrogens is 252 g/mol. The summed E-state index contributed by atoms with van der Waals surface area (Å²) in [6.45, 7) is 0. The lowest BCUT2D eigenvalue weighted by Gasteiger charge is -2.13. The van der Waals surface area contributed by atoms with Crippen LogP contribution in [0.15, 0.2) is 21.5 Å². The molecule has 0 aliphatic heterocycles. The number of nitrogens with one attached hydrogen (secondary N) is 1. The number of H-pyrrole nitrogens is 1. The second-order valence-electron chi connectivity index (χ2n) is 2.55. The van der Waals surface area contributed by atoms with Crippen molar-refractivity contribution in [2.45, 2.75) is 0 Å². The first-order valence-electron chi connectivity index (χ1n) is 3.76. The molecule has 0 radical (unpaired) electrons. The Hall–Kier alpha value is -1.14. The molecule has 1 aromatic rings. The standard InChI is InChI=1S/C8H9BrN2O3/c1-11(14-2)8(13)5-3-6(9)7(12)10-4-5/h3-4H,1-2H3,(H,10,12). The van der Waals surface area contributed by atoms with Gasteiger partial charge >= 0.3 is 0 Å². The van der Waals surface area contributed by atoms with E-state index in [-0.39, 0.29) is 11.5 Å². The van der Waals surface area contributed by atoms with Gasteiger partial charge in [-0.3, -0.25) is 14.4 Å². The van der Waals surface area contributed by atoms with Gasteiger partial charge in [-0.2, -0.15) is 0 Å². The third-order valence-electron chi connectivity index (χ3n) is 1.66. The van der Waals surface area contributed by atoms with Crippen LogP contribution in [0.3, 0.4) is 0 Å². The van der Waals surface area contributed by atoms with Crippen LogP contribution < -0.4 is 5.56 Å². The van der Waals surface area contributed by atoms with Crippen LogP contribution in [-0.4, -0.2) is 30.1 Å². The average molecular weight is 261 g/mol. The van der Waals surface area contributed by atoms with E-state index in [9.17, 15) is 9.59 Å². The molecule has 0 saturated heterocycles. The topological polar surface area (TPSA) is 62.4 Å². The summed E-state index contributed by atoms with van der Waals surface area (Å²) in [5.41, 5.74) is 0.0717. The lowest BCUT2D eigenvalue weighted by Crippen LogP contribution is -2.26. The van der Waals surface area contributed by atoms with Crippen molar-refractivity contribution in [1.29, 1.82) is 0 Å². The van der Waals surface area contributed by atoms with E-state index < -0.39 is 0 Å². The van der Waals surface area contributed by atoms with Gasteiger partial charge in [-0.1, -0.05) is 0 Å². The predicted molar refractivity (Wildman–Crippen MR) is 53.9 cm³/mol. The molecule has 0 atom stereocenters. The Morgan fingerprint density at radius 3 is 2.79 bits per heavy atom. The molecule has 0 unspecified atom stereocenters. The fraction of sp³-hybridized carbons (Fsp3) is 0.250. The molecule has 14 heavy (non-hydrogen) atoms. The van der Waals surface area contributed by atoms with E-state index in [1.807, 2.05) is 0 Å². The Morgan fingerprint density at radius 1 is 1.64 bits per heavy atom. The summed E-state index contributed by atoms with van der Waals surface area (Å²) in [6.07, 6.45) is 1.34. The highest BCUT2D eigenvalue weighted by Crippen LogP contribution is 2.07. The SMILES string of the molecule is CON(C)C(=O)c1c[nH]c(=O)c(Br)c1. The smallest absolute Gasteiger partial charge is 0.278 e. The van der Waals surface area contributed by atoms with Gasteiger partial charge in [-0.15, -0.1) is 0 Å². The monoisotopic (exact) mass is 260 g/mol. The minimum absolute atomic E-state index is 0.276. The third-order valence-corrected chi connectivity index (χ3v) is 2.25. The van der Waals surface area contributed by atoms with Crippen molar-refractivity contribution in [3.05, 3.63) is 32.7 Å². The van der Waals surface area contributed by atoms with Gasteiger partial charge in [0.15, 0.2) is 0 Å². The van der Waals surface area contributed by atoms with Crippen LogP contribution in [-0.2, 0) is 4.84 Å². The third kappa shape index (κ3) is 2.21. The zero-order chi connectivity index (χ0) is 10.7. The number of nitrogens with zero attached hydrogens (tertiary/aromatic N) is 1. The highest BCUT2D eigenvalue weighted by atomic mass is 79.9. The summed E-state index contributed by atoms with van der Waals surface area (Å²) in [6, 6.07) is 1.44. The summed E-state index contributed by atoms with van der Waals surface area (Å²) in [5, 5.41) is 1.07. The molecule has 0 aromatic carbocycles. The van der Waals surface area contributed by atoms with Gasteiger partial charge in [0, 0.05) is 13.2 Å². The number of rotatable bonds is 2. The van der Waals surface area contributed by atoms with Crippen molar-refractivity contribution in [3.8, 4) is 0 Å². The molecule has 0 spiro atoms. The van der Waals surface area contributed by atoms with Crippen molar-refractivity contribution in [1.82, 2.24) is 10.0 Å². The van der Waals surface area contributed by atoms with Crippen molar-refractivity contribution in [2.24, 2.45) is 0 Å². The summed E-state index contributed by atoms with van der Waals surface area (Å²) in [5.74, 6) is -0.329. The highest BCUT2D eigenvalue weighted by molar-refractivity contribution is 9.10. The molecule has 1 N–H and O–H groups in total. The summed E-state index contributed by atoms with van der Waals surface area (Å²) in [7, 11) is 2.87. The highest BCUT2D eigenvalue weighted by Gasteiger charge is 2.12. The number of pyridine rings is 1. The van der Waals surface area contributed by atoms with E-state index >= 15 is 0 Å². The van der Waals surface area contributed by atoms with E-state index in [1.54, 1.807) is 0 Å². The molecule has 1 amide bonds. The summed E-state index contributed by atoms with van der Waals surface area (Å²) in [4.78, 5) is 29.6. The van der Waals surface area contributed by atoms with Gasteiger partial charge < -0.3 is 4.98 Å². The normalized spacial score (nSPS) is 9.93. The van der Waals surface area contributed by atoms with E-state index in [1.165, 1.54) is 26.4 Å².